The maximum absolute atomic E-state index is 9.97. The molecular weight excluding hydrogens is 320 g/mol. The molecule has 0 saturated heterocycles. The second kappa shape index (κ2) is 9.91. The minimum atomic E-state index is -0.873. The standard InChI is InChI=1S/C15H24N2O7/c1-15(2,11-18)16-9-12(19)10-23-14-5-3-13(4-6-14)22-7-8-24-17(20)21/h3-6,12,16,18-19H,7-11H2,1-2H3. The Balaban J connectivity index is 2.27. The van der Waals surface area contributed by atoms with Crippen LogP contribution < -0.4 is 14.8 Å². The molecule has 0 amide bonds. The molecule has 1 aromatic carbocycles. The van der Waals surface area contributed by atoms with Gasteiger partial charge >= 0.3 is 0 Å². The lowest BCUT2D eigenvalue weighted by Gasteiger charge is -2.25. The Hall–Kier alpha value is -2.10. The van der Waals surface area contributed by atoms with E-state index in [1.165, 1.54) is 0 Å². The summed E-state index contributed by atoms with van der Waals surface area (Å²) >= 11 is 0. The van der Waals surface area contributed by atoms with Gasteiger partial charge in [0.1, 0.15) is 37.4 Å². The number of rotatable bonds is 12. The quantitative estimate of drug-likeness (QED) is 0.282. The molecule has 0 aliphatic carbocycles. The second-order valence-corrected chi connectivity index (χ2v) is 5.76. The van der Waals surface area contributed by atoms with E-state index in [1.54, 1.807) is 24.3 Å². The fourth-order valence-corrected chi connectivity index (χ4v) is 1.60. The Morgan fingerprint density at radius 1 is 1.21 bits per heavy atom. The zero-order valence-electron chi connectivity index (χ0n) is 13.8. The Bertz CT molecular complexity index is 493. The molecule has 1 atom stereocenters. The Morgan fingerprint density at radius 2 is 1.79 bits per heavy atom. The van der Waals surface area contributed by atoms with Gasteiger partial charge in [-0.25, -0.2) is 0 Å². The number of ether oxygens (including phenoxy) is 2. The molecule has 0 radical (unpaired) electrons. The van der Waals surface area contributed by atoms with Gasteiger partial charge in [0.05, 0.1) is 6.61 Å². The van der Waals surface area contributed by atoms with Crippen LogP contribution in [0.3, 0.4) is 0 Å². The van der Waals surface area contributed by atoms with Crippen molar-refractivity contribution in [2.75, 3.05) is 33.0 Å². The number of nitrogens with one attached hydrogen (secondary N) is 1. The number of hydrogen-bond acceptors (Lipinski definition) is 8. The lowest BCUT2D eigenvalue weighted by molar-refractivity contribution is -0.757. The van der Waals surface area contributed by atoms with Crippen molar-refractivity contribution >= 4 is 0 Å². The maximum atomic E-state index is 9.97. The predicted molar refractivity (Wildman–Crippen MR) is 85.6 cm³/mol. The Morgan fingerprint density at radius 3 is 2.33 bits per heavy atom. The van der Waals surface area contributed by atoms with Gasteiger partial charge in [-0.2, -0.15) is 0 Å². The minimum Gasteiger partial charge on any atom is -0.492 e. The number of benzene rings is 1. The summed E-state index contributed by atoms with van der Waals surface area (Å²) in [6.07, 6.45) is -0.717. The Labute approximate surface area is 140 Å². The highest BCUT2D eigenvalue weighted by Crippen LogP contribution is 2.17. The summed E-state index contributed by atoms with van der Waals surface area (Å²) in [6, 6.07) is 6.64. The highest BCUT2D eigenvalue weighted by molar-refractivity contribution is 5.31. The molecule has 0 aromatic heterocycles. The lowest BCUT2D eigenvalue weighted by Crippen LogP contribution is -2.47. The average molecular weight is 344 g/mol. The molecule has 1 unspecified atom stereocenters. The van der Waals surface area contributed by atoms with Gasteiger partial charge in [-0.15, -0.1) is 10.1 Å². The molecule has 0 bridgehead atoms. The molecule has 0 heterocycles. The molecule has 24 heavy (non-hydrogen) atoms. The summed E-state index contributed by atoms with van der Waals surface area (Å²) in [4.78, 5) is 14.1. The van der Waals surface area contributed by atoms with Crippen LogP contribution >= 0.6 is 0 Å². The van der Waals surface area contributed by atoms with Crippen molar-refractivity contribution in [3.05, 3.63) is 34.4 Å². The molecule has 0 aliphatic heterocycles. The summed E-state index contributed by atoms with van der Waals surface area (Å²) in [7, 11) is 0. The molecular formula is C15H24N2O7. The SMILES string of the molecule is CC(C)(CO)NCC(O)COc1ccc(OCCO[N+](=O)[O-])cc1. The van der Waals surface area contributed by atoms with Gasteiger partial charge in [0.25, 0.3) is 5.09 Å². The van der Waals surface area contributed by atoms with Crippen LogP contribution in [0.5, 0.6) is 11.5 Å². The summed E-state index contributed by atoms with van der Waals surface area (Å²) in [5, 5.41) is 31.1. The highest BCUT2D eigenvalue weighted by Gasteiger charge is 2.17. The first kappa shape index (κ1) is 19.9. The third-order valence-electron chi connectivity index (χ3n) is 3.03. The van der Waals surface area contributed by atoms with Crippen molar-refractivity contribution in [2.24, 2.45) is 0 Å². The van der Waals surface area contributed by atoms with Gasteiger partial charge in [-0.3, -0.25) is 0 Å². The maximum Gasteiger partial charge on any atom is 0.294 e. The zero-order chi connectivity index (χ0) is 18.0. The summed E-state index contributed by atoms with van der Waals surface area (Å²) in [5.74, 6) is 1.09. The van der Waals surface area contributed by atoms with Crippen LogP contribution in [0.25, 0.3) is 0 Å². The highest BCUT2D eigenvalue weighted by atomic mass is 17.0. The third kappa shape index (κ3) is 8.51. The first-order valence-corrected chi connectivity index (χ1v) is 7.49. The van der Waals surface area contributed by atoms with E-state index < -0.39 is 16.7 Å². The summed E-state index contributed by atoms with van der Waals surface area (Å²) in [5.41, 5.74) is -0.459. The predicted octanol–water partition coefficient (Wildman–Crippen LogP) is 0.374. The minimum absolute atomic E-state index is 0.0330. The van der Waals surface area contributed by atoms with Crippen molar-refractivity contribution in [3.63, 3.8) is 0 Å². The molecule has 1 rings (SSSR count). The first-order valence-electron chi connectivity index (χ1n) is 7.49. The number of hydrogen-bond donors (Lipinski definition) is 3. The normalized spacial score (nSPS) is 12.5. The van der Waals surface area contributed by atoms with Crippen LogP contribution in [0.2, 0.25) is 0 Å². The number of aliphatic hydroxyl groups is 2. The van der Waals surface area contributed by atoms with Crippen LogP contribution in [0.15, 0.2) is 24.3 Å². The van der Waals surface area contributed by atoms with Crippen molar-refractivity contribution in [2.45, 2.75) is 25.5 Å². The molecule has 0 aliphatic rings. The van der Waals surface area contributed by atoms with Crippen LogP contribution in [0, 0.1) is 10.1 Å². The molecule has 9 heteroatoms. The smallest absolute Gasteiger partial charge is 0.294 e. The van der Waals surface area contributed by atoms with Crippen molar-refractivity contribution in [1.82, 2.24) is 5.32 Å². The molecule has 136 valence electrons. The molecule has 1 aromatic rings. The lowest BCUT2D eigenvalue weighted by atomic mass is 10.1. The molecule has 0 fully saturated rings. The van der Waals surface area contributed by atoms with Gasteiger partial charge in [0.15, 0.2) is 0 Å². The van der Waals surface area contributed by atoms with Gasteiger partial charge < -0.3 is 29.8 Å². The molecule has 0 saturated carbocycles. The summed E-state index contributed by atoms with van der Waals surface area (Å²) < 4.78 is 10.7. The van der Waals surface area contributed by atoms with Gasteiger partial charge in [-0.1, -0.05) is 0 Å². The van der Waals surface area contributed by atoms with E-state index >= 15 is 0 Å². The second-order valence-electron chi connectivity index (χ2n) is 5.76. The van der Waals surface area contributed by atoms with Crippen molar-refractivity contribution in [1.29, 1.82) is 0 Å². The van der Waals surface area contributed by atoms with E-state index in [4.69, 9.17) is 14.6 Å². The first-order chi connectivity index (χ1) is 11.3. The van der Waals surface area contributed by atoms with Crippen LogP contribution in [0.4, 0.5) is 0 Å². The average Bonchev–Trinajstić information content (AvgIpc) is 2.56. The monoisotopic (exact) mass is 344 g/mol. The van der Waals surface area contributed by atoms with Crippen molar-refractivity contribution < 1.29 is 29.6 Å². The topological polar surface area (TPSA) is 123 Å². The van der Waals surface area contributed by atoms with Gasteiger partial charge in [-0.05, 0) is 38.1 Å². The fraction of sp³-hybridized carbons (Fsp3) is 0.600. The van der Waals surface area contributed by atoms with E-state index in [1.807, 2.05) is 13.8 Å². The van der Waals surface area contributed by atoms with E-state index in [0.717, 1.165) is 0 Å². The van der Waals surface area contributed by atoms with Gasteiger partial charge in [0, 0.05) is 12.1 Å². The number of aliphatic hydroxyl groups excluding tert-OH is 2. The van der Waals surface area contributed by atoms with E-state index in [0.29, 0.717) is 18.0 Å². The van der Waals surface area contributed by atoms with Crippen LogP contribution in [-0.4, -0.2) is 59.9 Å². The fourth-order valence-electron chi connectivity index (χ4n) is 1.60. The largest absolute Gasteiger partial charge is 0.492 e. The zero-order valence-corrected chi connectivity index (χ0v) is 13.8. The molecule has 3 N–H and O–H groups in total. The van der Waals surface area contributed by atoms with E-state index in [-0.39, 0.29) is 26.4 Å². The van der Waals surface area contributed by atoms with Gasteiger partial charge in [0.2, 0.25) is 0 Å². The number of nitrogens with zero attached hydrogens (tertiary/aromatic N) is 1. The Kier molecular flexibility index (Phi) is 8.24. The van der Waals surface area contributed by atoms with E-state index in [9.17, 15) is 15.2 Å². The molecule has 0 spiro atoms. The van der Waals surface area contributed by atoms with Crippen molar-refractivity contribution in [3.8, 4) is 11.5 Å². The van der Waals surface area contributed by atoms with E-state index in [2.05, 4.69) is 10.2 Å². The third-order valence-corrected chi connectivity index (χ3v) is 3.03. The number of β-amino-alcohol motifs (C(OH)–C–C–N with tert-alkyl or cyclic N) is 1. The summed E-state index contributed by atoms with van der Waals surface area (Å²) in [6.45, 7) is 3.94. The van der Waals surface area contributed by atoms with Crippen LogP contribution in [0.1, 0.15) is 13.8 Å². The molecule has 9 nitrogen and oxygen atoms in total. The van der Waals surface area contributed by atoms with Crippen LogP contribution in [-0.2, 0) is 4.84 Å².